The van der Waals surface area contributed by atoms with Crippen LogP contribution in [0.1, 0.15) is 63.5 Å². The van der Waals surface area contributed by atoms with Crippen LogP contribution >= 0.6 is 0 Å². The van der Waals surface area contributed by atoms with Gasteiger partial charge in [-0.2, -0.15) is 13.2 Å². The number of nitrogens with zero attached hydrogens (tertiary/aromatic N) is 3. The van der Waals surface area contributed by atoms with E-state index >= 15 is 0 Å². The molecule has 9 heteroatoms. The number of nitrogens with one attached hydrogen (secondary N) is 1. The SMILES string of the molecule is C.CC1(C)[C@@H]2CC[C@@]1(C)[C@@H](Nc1ncc(C(=O)N3CCOCC3)c(C(F)(F)F)n1)C2. The van der Waals surface area contributed by atoms with Crippen LogP contribution in [0.15, 0.2) is 6.20 Å². The van der Waals surface area contributed by atoms with Crippen molar-refractivity contribution in [2.45, 2.75) is 59.7 Å². The number of hydrogen-bond acceptors (Lipinski definition) is 5. The maximum absolute atomic E-state index is 13.7. The molecule has 1 aromatic heterocycles. The lowest BCUT2D eigenvalue weighted by molar-refractivity contribution is -0.141. The number of carbonyl (C=O) groups excluding carboxylic acids is 1. The molecule has 3 atom stereocenters. The molecule has 30 heavy (non-hydrogen) atoms. The Balaban J connectivity index is 0.00000256. The molecule has 1 aliphatic heterocycles. The number of ether oxygens (including phenoxy) is 1. The van der Waals surface area contributed by atoms with Crippen molar-refractivity contribution in [2.75, 3.05) is 31.6 Å². The van der Waals surface area contributed by atoms with E-state index in [1.54, 1.807) is 0 Å². The van der Waals surface area contributed by atoms with Crippen LogP contribution < -0.4 is 5.32 Å². The van der Waals surface area contributed by atoms with Gasteiger partial charge < -0.3 is 15.0 Å². The van der Waals surface area contributed by atoms with Crippen LogP contribution in [0.5, 0.6) is 0 Å². The summed E-state index contributed by atoms with van der Waals surface area (Å²) in [5, 5.41) is 3.16. The van der Waals surface area contributed by atoms with E-state index in [-0.39, 0.29) is 43.3 Å². The highest BCUT2D eigenvalue weighted by Crippen LogP contribution is 2.65. The minimum atomic E-state index is -4.74. The van der Waals surface area contributed by atoms with Gasteiger partial charge in [-0.05, 0) is 36.0 Å². The van der Waals surface area contributed by atoms with Crippen molar-refractivity contribution in [3.8, 4) is 0 Å². The quantitative estimate of drug-likeness (QED) is 0.780. The monoisotopic (exact) mass is 428 g/mol. The Morgan fingerprint density at radius 3 is 2.47 bits per heavy atom. The summed E-state index contributed by atoms with van der Waals surface area (Å²) in [4.78, 5) is 21.8. The number of fused-ring (bicyclic) bond motifs is 2. The molecular weight excluding hydrogens is 397 g/mol. The molecule has 1 amide bonds. The summed E-state index contributed by atoms with van der Waals surface area (Å²) in [7, 11) is 0. The Kier molecular flexibility index (Phi) is 5.81. The number of morpholine rings is 1. The summed E-state index contributed by atoms with van der Waals surface area (Å²) in [6.45, 7) is 7.80. The lowest BCUT2D eigenvalue weighted by Crippen LogP contribution is -2.42. The Morgan fingerprint density at radius 1 is 1.27 bits per heavy atom. The third-order valence-electron chi connectivity index (χ3n) is 7.68. The molecule has 2 aliphatic carbocycles. The molecule has 2 heterocycles. The van der Waals surface area contributed by atoms with E-state index in [0.29, 0.717) is 19.1 Å². The van der Waals surface area contributed by atoms with Gasteiger partial charge in [-0.25, -0.2) is 9.97 Å². The Bertz CT molecular complexity index is 808. The molecule has 2 saturated carbocycles. The zero-order chi connectivity index (χ0) is 21.0. The maximum Gasteiger partial charge on any atom is 0.434 e. The number of rotatable bonds is 3. The number of carbonyl (C=O) groups is 1. The summed E-state index contributed by atoms with van der Waals surface area (Å²) in [6.07, 6.45) is -0.667. The molecule has 1 N–H and O–H groups in total. The van der Waals surface area contributed by atoms with E-state index in [1.807, 2.05) is 0 Å². The number of halogens is 3. The van der Waals surface area contributed by atoms with Crippen molar-refractivity contribution < 1.29 is 22.7 Å². The average molecular weight is 428 g/mol. The summed E-state index contributed by atoms with van der Waals surface area (Å²) < 4.78 is 46.3. The first-order valence-corrected chi connectivity index (χ1v) is 10.1. The molecule has 3 aliphatic rings. The first-order valence-electron chi connectivity index (χ1n) is 10.1. The molecule has 0 unspecified atom stereocenters. The maximum atomic E-state index is 13.7. The summed E-state index contributed by atoms with van der Waals surface area (Å²) >= 11 is 0. The van der Waals surface area contributed by atoms with Crippen molar-refractivity contribution in [3.63, 3.8) is 0 Å². The third-order valence-corrected chi connectivity index (χ3v) is 7.68. The summed E-state index contributed by atoms with van der Waals surface area (Å²) in [6, 6.07) is 0.0122. The zero-order valence-corrected chi connectivity index (χ0v) is 17.0. The first kappa shape index (κ1) is 22.8. The van der Waals surface area contributed by atoms with Gasteiger partial charge in [0.05, 0.1) is 18.8 Å². The molecule has 1 aromatic rings. The highest BCUT2D eigenvalue weighted by atomic mass is 19.4. The lowest BCUT2D eigenvalue weighted by atomic mass is 9.69. The van der Waals surface area contributed by atoms with Gasteiger partial charge in [0, 0.05) is 25.3 Å². The molecule has 0 radical (unpaired) electrons. The fourth-order valence-corrected chi connectivity index (χ4v) is 5.34. The molecular formula is C21H31F3N4O2. The van der Waals surface area contributed by atoms with Gasteiger partial charge in [-0.15, -0.1) is 0 Å². The number of anilines is 1. The minimum absolute atomic E-state index is 0. The Labute approximate surface area is 175 Å². The van der Waals surface area contributed by atoms with Crippen molar-refractivity contribution in [1.82, 2.24) is 14.9 Å². The number of hydrogen-bond donors (Lipinski definition) is 1. The predicted molar refractivity (Wildman–Crippen MR) is 107 cm³/mol. The molecule has 0 aromatic carbocycles. The van der Waals surface area contributed by atoms with Crippen molar-refractivity contribution >= 4 is 11.9 Å². The zero-order valence-electron chi connectivity index (χ0n) is 17.0. The van der Waals surface area contributed by atoms with Crippen molar-refractivity contribution in [2.24, 2.45) is 16.7 Å². The van der Waals surface area contributed by atoms with Crippen molar-refractivity contribution in [1.29, 1.82) is 0 Å². The van der Waals surface area contributed by atoms with Gasteiger partial charge in [0.1, 0.15) is 0 Å². The molecule has 6 nitrogen and oxygen atoms in total. The van der Waals surface area contributed by atoms with E-state index in [9.17, 15) is 18.0 Å². The van der Waals surface area contributed by atoms with Gasteiger partial charge in [0.25, 0.3) is 5.91 Å². The van der Waals surface area contributed by atoms with Crippen LogP contribution in [0.25, 0.3) is 0 Å². The van der Waals surface area contributed by atoms with Crippen LogP contribution in [-0.2, 0) is 10.9 Å². The van der Waals surface area contributed by atoms with Gasteiger partial charge in [-0.3, -0.25) is 4.79 Å². The summed E-state index contributed by atoms with van der Waals surface area (Å²) in [5.41, 5.74) is -1.60. The summed E-state index contributed by atoms with van der Waals surface area (Å²) in [5.74, 6) is -0.236. The van der Waals surface area contributed by atoms with Gasteiger partial charge >= 0.3 is 6.18 Å². The fourth-order valence-electron chi connectivity index (χ4n) is 5.34. The normalized spacial score (nSPS) is 30.1. The smallest absolute Gasteiger partial charge is 0.378 e. The molecule has 0 spiro atoms. The van der Waals surface area contributed by atoms with Crippen LogP contribution in [0.4, 0.5) is 19.1 Å². The molecule has 4 rings (SSSR count). The molecule has 168 valence electrons. The van der Waals surface area contributed by atoms with Gasteiger partial charge in [0.15, 0.2) is 5.69 Å². The predicted octanol–water partition coefficient (Wildman–Crippen LogP) is 4.23. The van der Waals surface area contributed by atoms with Crippen LogP contribution in [0.3, 0.4) is 0 Å². The van der Waals surface area contributed by atoms with E-state index in [2.05, 4.69) is 36.1 Å². The second kappa shape index (κ2) is 7.66. The topological polar surface area (TPSA) is 67.4 Å². The molecule has 2 bridgehead atoms. The second-order valence-corrected chi connectivity index (χ2v) is 9.17. The van der Waals surface area contributed by atoms with Crippen LogP contribution in [0, 0.1) is 16.7 Å². The van der Waals surface area contributed by atoms with Crippen LogP contribution in [0.2, 0.25) is 0 Å². The van der Waals surface area contributed by atoms with E-state index in [1.165, 1.54) is 4.90 Å². The van der Waals surface area contributed by atoms with Crippen LogP contribution in [-0.4, -0.2) is 53.1 Å². The Hall–Kier alpha value is -1.90. The largest absolute Gasteiger partial charge is 0.434 e. The highest BCUT2D eigenvalue weighted by Gasteiger charge is 2.61. The van der Waals surface area contributed by atoms with Gasteiger partial charge in [-0.1, -0.05) is 28.2 Å². The average Bonchev–Trinajstić information content (AvgIpc) is 3.01. The minimum Gasteiger partial charge on any atom is -0.378 e. The highest BCUT2D eigenvalue weighted by molar-refractivity contribution is 5.95. The van der Waals surface area contributed by atoms with E-state index in [0.717, 1.165) is 25.5 Å². The van der Waals surface area contributed by atoms with Crippen molar-refractivity contribution in [3.05, 3.63) is 17.5 Å². The molecule has 3 fully saturated rings. The number of amides is 1. The van der Waals surface area contributed by atoms with Gasteiger partial charge in [0.2, 0.25) is 5.95 Å². The molecule has 1 saturated heterocycles. The third kappa shape index (κ3) is 3.55. The second-order valence-electron chi connectivity index (χ2n) is 9.17. The van der Waals surface area contributed by atoms with E-state index in [4.69, 9.17) is 4.74 Å². The first-order chi connectivity index (χ1) is 13.5. The van der Waals surface area contributed by atoms with E-state index < -0.39 is 23.3 Å². The lowest BCUT2D eigenvalue weighted by Gasteiger charge is -2.39. The number of aromatic nitrogens is 2. The number of alkyl halides is 3. The Morgan fingerprint density at radius 2 is 1.93 bits per heavy atom. The fraction of sp³-hybridized carbons (Fsp3) is 0.762. The standard InChI is InChI=1S/C20H27F3N4O2.CH4/c1-18(2)12-4-5-19(18,3)14(10-12)25-17-24-11-13(15(26-17)20(21,22)23)16(28)27-6-8-29-9-7-27;/h11-12,14H,4-10H2,1-3H3,(H,24,25,26);1H4/t12-,14+,19+;/m1./s1.